The average molecular weight is 240 g/mol. The molecule has 0 aromatic heterocycles. The van der Waals surface area contributed by atoms with Crippen molar-refractivity contribution in [3.8, 4) is 0 Å². The number of rotatable bonds is 2. The van der Waals surface area contributed by atoms with Crippen LogP contribution in [0.1, 0.15) is 25.7 Å². The fourth-order valence-electron chi connectivity index (χ4n) is 3.52. The molecule has 3 heterocycles. The van der Waals surface area contributed by atoms with Crippen molar-refractivity contribution in [3.63, 3.8) is 0 Å². The second-order valence-corrected chi connectivity index (χ2v) is 6.87. The molecule has 1 atom stereocenters. The summed E-state index contributed by atoms with van der Waals surface area (Å²) in [5, 5.41) is 0. The zero-order valence-corrected chi connectivity index (χ0v) is 11.1. The molecule has 2 nitrogen and oxygen atoms in total. The van der Waals surface area contributed by atoms with Gasteiger partial charge in [0.2, 0.25) is 0 Å². The Hall–Kier alpha value is 0.270. The highest BCUT2D eigenvalue weighted by Gasteiger charge is 2.31. The summed E-state index contributed by atoms with van der Waals surface area (Å²) in [5.74, 6) is 3.83. The van der Waals surface area contributed by atoms with Gasteiger partial charge in [-0.25, -0.2) is 0 Å². The van der Waals surface area contributed by atoms with Crippen LogP contribution in [-0.2, 0) is 0 Å². The Balaban J connectivity index is 1.48. The quantitative estimate of drug-likeness (QED) is 0.728. The maximum Gasteiger partial charge on any atom is 0.0224 e. The van der Waals surface area contributed by atoms with Gasteiger partial charge in [-0.05, 0) is 49.7 Å². The van der Waals surface area contributed by atoms with Gasteiger partial charge in [0.05, 0.1) is 0 Å². The predicted molar refractivity (Wildman–Crippen MR) is 71.1 cm³/mol. The first kappa shape index (κ1) is 11.4. The largest absolute Gasteiger partial charge is 0.300 e. The van der Waals surface area contributed by atoms with E-state index in [0.717, 1.165) is 12.0 Å². The van der Waals surface area contributed by atoms with Gasteiger partial charge in [-0.3, -0.25) is 4.90 Å². The lowest BCUT2D eigenvalue weighted by molar-refractivity contribution is 0.0904. The van der Waals surface area contributed by atoms with Crippen molar-refractivity contribution < 1.29 is 0 Å². The molecular weight excluding hydrogens is 216 g/mol. The lowest BCUT2D eigenvalue weighted by atomic mass is 10.0. The standard InChI is InChI=1S/C13H24N2S/c1-2-13-11-14(6-7-15(13)5-1)10-12-3-8-16-9-4-12/h12-13H,1-11H2. The predicted octanol–water partition coefficient (Wildman–Crippen LogP) is 1.91. The molecule has 0 amide bonds. The minimum atomic E-state index is 0.909. The molecule has 3 fully saturated rings. The van der Waals surface area contributed by atoms with E-state index in [-0.39, 0.29) is 0 Å². The van der Waals surface area contributed by atoms with Crippen LogP contribution < -0.4 is 0 Å². The third-order valence-corrected chi connectivity index (χ3v) is 5.58. The fraction of sp³-hybridized carbons (Fsp3) is 1.00. The maximum absolute atomic E-state index is 2.76. The molecule has 3 aliphatic rings. The van der Waals surface area contributed by atoms with Crippen molar-refractivity contribution in [2.24, 2.45) is 5.92 Å². The van der Waals surface area contributed by atoms with E-state index in [2.05, 4.69) is 21.6 Å². The summed E-state index contributed by atoms with van der Waals surface area (Å²) in [5.41, 5.74) is 0. The number of fused-ring (bicyclic) bond motifs is 1. The summed E-state index contributed by atoms with van der Waals surface area (Å²) in [7, 11) is 0. The van der Waals surface area contributed by atoms with Crippen LogP contribution in [0.2, 0.25) is 0 Å². The molecule has 0 N–H and O–H groups in total. The number of hydrogen-bond acceptors (Lipinski definition) is 3. The van der Waals surface area contributed by atoms with Crippen LogP contribution in [0.15, 0.2) is 0 Å². The monoisotopic (exact) mass is 240 g/mol. The van der Waals surface area contributed by atoms with Crippen molar-refractivity contribution >= 4 is 11.8 Å². The van der Waals surface area contributed by atoms with E-state index in [1.807, 2.05) is 0 Å². The lowest BCUT2D eigenvalue weighted by Gasteiger charge is -2.39. The fourth-order valence-corrected chi connectivity index (χ4v) is 4.72. The molecular formula is C13H24N2S. The van der Waals surface area contributed by atoms with Gasteiger partial charge in [-0.2, -0.15) is 11.8 Å². The molecule has 0 bridgehead atoms. The Morgan fingerprint density at radius 2 is 1.88 bits per heavy atom. The SMILES string of the molecule is C1CC2CN(CC3CCSCC3)CCN2C1. The number of hydrogen-bond donors (Lipinski definition) is 0. The highest BCUT2D eigenvalue weighted by molar-refractivity contribution is 7.99. The Morgan fingerprint density at radius 3 is 2.75 bits per heavy atom. The first-order valence-corrected chi connectivity index (χ1v) is 8.11. The average Bonchev–Trinajstić information content (AvgIpc) is 2.77. The minimum Gasteiger partial charge on any atom is -0.300 e. The number of thioether (sulfide) groups is 1. The molecule has 1 unspecified atom stereocenters. The smallest absolute Gasteiger partial charge is 0.0224 e. The van der Waals surface area contributed by atoms with Crippen LogP contribution in [0.3, 0.4) is 0 Å². The molecule has 0 aromatic rings. The third kappa shape index (κ3) is 2.57. The zero-order chi connectivity index (χ0) is 10.8. The van der Waals surface area contributed by atoms with Crippen LogP contribution >= 0.6 is 11.8 Å². The van der Waals surface area contributed by atoms with Gasteiger partial charge in [0.15, 0.2) is 0 Å². The van der Waals surface area contributed by atoms with Gasteiger partial charge in [0.25, 0.3) is 0 Å². The summed E-state index contributed by atoms with van der Waals surface area (Å²) in [6.45, 7) is 6.80. The van der Waals surface area contributed by atoms with Crippen molar-refractivity contribution in [1.29, 1.82) is 0 Å². The Bertz CT molecular complexity index is 228. The summed E-state index contributed by atoms with van der Waals surface area (Å²) in [4.78, 5) is 5.47. The first-order chi connectivity index (χ1) is 7.92. The number of piperazine rings is 1. The van der Waals surface area contributed by atoms with Gasteiger partial charge >= 0.3 is 0 Å². The molecule has 3 heteroatoms. The molecule has 0 radical (unpaired) electrons. The molecule has 3 saturated heterocycles. The van der Waals surface area contributed by atoms with E-state index in [0.29, 0.717) is 0 Å². The maximum atomic E-state index is 2.76. The number of nitrogens with zero attached hydrogens (tertiary/aromatic N) is 2. The van der Waals surface area contributed by atoms with Crippen LogP contribution in [-0.4, -0.2) is 60.1 Å². The van der Waals surface area contributed by atoms with Crippen molar-refractivity contribution in [3.05, 3.63) is 0 Å². The molecule has 3 aliphatic heterocycles. The molecule has 3 rings (SSSR count). The first-order valence-electron chi connectivity index (χ1n) is 6.96. The van der Waals surface area contributed by atoms with Crippen LogP contribution in [0.25, 0.3) is 0 Å². The van der Waals surface area contributed by atoms with Crippen LogP contribution in [0.5, 0.6) is 0 Å². The van der Waals surface area contributed by atoms with Gasteiger partial charge in [0, 0.05) is 32.2 Å². The Labute approximate surface area is 104 Å². The van der Waals surface area contributed by atoms with Gasteiger partial charge in [-0.15, -0.1) is 0 Å². The second-order valence-electron chi connectivity index (χ2n) is 5.65. The van der Waals surface area contributed by atoms with Crippen molar-refractivity contribution in [2.75, 3.05) is 44.2 Å². The second kappa shape index (κ2) is 5.28. The Morgan fingerprint density at radius 1 is 1.00 bits per heavy atom. The lowest BCUT2D eigenvalue weighted by Crippen LogP contribution is -2.51. The normalized spacial score (nSPS) is 34.1. The highest BCUT2D eigenvalue weighted by atomic mass is 32.2. The summed E-state index contributed by atoms with van der Waals surface area (Å²) >= 11 is 2.15. The van der Waals surface area contributed by atoms with Crippen molar-refractivity contribution in [1.82, 2.24) is 9.80 Å². The zero-order valence-electron chi connectivity index (χ0n) is 10.2. The summed E-state index contributed by atoms with van der Waals surface area (Å²) in [6.07, 6.45) is 5.83. The summed E-state index contributed by atoms with van der Waals surface area (Å²) < 4.78 is 0. The van der Waals surface area contributed by atoms with Crippen LogP contribution in [0, 0.1) is 5.92 Å². The highest BCUT2D eigenvalue weighted by Crippen LogP contribution is 2.26. The van der Waals surface area contributed by atoms with Gasteiger partial charge in [0.1, 0.15) is 0 Å². The van der Waals surface area contributed by atoms with E-state index in [1.54, 1.807) is 0 Å². The van der Waals surface area contributed by atoms with E-state index in [1.165, 1.54) is 69.9 Å². The Kier molecular flexibility index (Phi) is 3.75. The van der Waals surface area contributed by atoms with Gasteiger partial charge < -0.3 is 4.90 Å². The molecule has 0 spiro atoms. The van der Waals surface area contributed by atoms with E-state index < -0.39 is 0 Å². The van der Waals surface area contributed by atoms with E-state index in [9.17, 15) is 0 Å². The third-order valence-electron chi connectivity index (χ3n) is 4.53. The van der Waals surface area contributed by atoms with Crippen LogP contribution in [0.4, 0.5) is 0 Å². The van der Waals surface area contributed by atoms with Crippen molar-refractivity contribution in [2.45, 2.75) is 31.7 Å². The molecule has 92 valence electrons. The van der Waals surface area contributed by atoms with E-state index in [4.69, 9.17) is 0 Å². The molecule has 0 aromatic carbocycles. The molecule has 16 heavy (non-hydrogen) atoms. The van der Waals surface area contributed by atoms with E-state index >= 15 is 0 Å². The topological polar surface area (TPSA) is 6.48 Å². The van der Waals surface area contributed by atoms with Gasteiger partial charge in [-0.1, -0.05) is 0 Å². The minimum absolute atomic E-state index is 0.909. The summed E-state index contributed by atoms with van der Waals surface area (Å²) in [6, 6.07) is 0.909. The molecule has 0 saturated carbocycles. The molecule has 0 aliphatic carbocycles.